The molecule has 6 nitrogen and oxygen atoms in total. The van der Waals surface area contributed by atoms with Gasteiger partial charge < -0.3 is 20.5 Å². The smallest absolute Gasteiger partial charge is 0.237 e. The molecule has 1 amide bonds. The van der Waals surface area contributed by atoms with Crippen LogP contribution >= 0.6 is 0 Å². The summed E-state index contributed by atoms with van der Waals surface area (Å²) in [5.74, 6) is -0.176. The predicted molar refractivity (Wildman–Crippen MR) is 85.0 cm³/mol. The standard InChI is InChI=1S/C17H18FN3O3/c18-14-6-11(8-21-17(23)15-7-12(22)9-20-15)3-4-16(14)24-13-2-1-5-19-10-13/h1-6,10,12,15,20,22H,7-9H2,(H,21,23)/t12-,15-/m1/s1. The monoisotopic (exact) mass is 331 g/mol. The number of amides is 1. The number of ether oxygens (including phenoxy) is 1. The van der Waals surface area contributed by atoms with Gasteiger partial charge in [-0.15, -0.1) is 0 Å². The summed E-state index contributed by atoms with van der Waals surface area (Å²) in [6, 6.07) is 7.50. The molecule has 0 saturated carbocycles. The van der Waals surface area contributed by atoms with Gasteiger partial charge in [0.2, 0.25) is 5.91 Å². The first-order valence-electron chi connectivity index (χ1n) is 7.67. The normalized spacial score (nSPS) is 19.9. The van der Waals surface area contributed by atoms with Crippen LogP contribution in [-0.2, 0) is 11.3 Å². The van der Waals surface area contributed by atoms with Gasteiger partial charge >= 0.3 is 0 Å². The first-order valence-corrected chi connectivity index (χ1v) is 7.67. The van der Waals surface area contributed by atoms with Crippen LogP contribution in [-0.4, -0.2) is 34.7 Å². The van der Waals surface area contributed by atoms with Crippen molar-refractivity contribution in [1.82, 2.24) is 15.6 Å². The fraction of sp³-hybridized carbons (Fsp3) is 0.294. The molecule has 1 aliphatic rings. The van der Waals surface area contributed by atoms with E-state index in [1.54, 1.807) is 24.4 Å². The van der Waals surface area contributed by atoms with E-state index in [1.807, 2.05) is 0 Å². The third-order valence-corrected chi connectivity index (χ3v) is 3.75. The molecule has 7 heteroatoms. The third-order valence-electron chi connectivity index (χ3n) is 3.75. The van der Waals surface area contributed by atoms with Crippen molar-refractivity contribution in [1.29, 1.82) is 0 Å². The van der Waals surface area contributed by atoms with Gasteiger partial charge in [0, 0.05) is 19.3 Å². The number of aliphatic hydroxyl groups excluding tert-OH is 1. The number of nitrogens with zero attached hydrogens (tertiary/aromatic N) is 1. The SMILES string of the molecule is O=C(NCc1ccc(Oc2cccnc2)c(F)c1)[C@H]1C[C@@H](O)CN1. The summed E-state index contributed by atoms with van der Waals surface area (Å²) >= 11 is 0. The summed E-state index contributed by atoms with van der Waals surface area (Å²) in [5, 5.41) is 15.1. The predicted octanol–water partition coefficient (Wildman–Crippen LogP) is 1.35. The van der Waals surface area contributed by atoms with Crippen LogP contribution < -0.4 is 15.4 Å². The average molecular weight is 331 g/mol. The molecule has 3 N–H and O–H groups in total. The van der Waals surface area contributed by atoms with Crippen LogP contribution in [0.4, 0.5) is 4.39 Å². The van der Waals surface area contributed by atoms with Crippen molar-refractivity contribution in [2.24, 2.45) is 0 Å². The first kappa shape index (κ1) is 16.4. The summed E-state index contributed by atoms with van der Waals surface area (Å²) < 4.78 is 19.5. The number of halogens is 1. The number of aliphatic hydroxyl groups is 1. The molecule has 1 aromatic carbocycles. The fourth-order valence-corrected chi connectivity index (χ4v) is 2.50. The van der Waals surface area contributed by atoms with Gasteiger partial charge in [0.25, 0.3) is 0 Å². The minimum absolute atomic E-state index is 0.0960. The maximum absolute atomic E-state index is 14.1. The lowest BCUT2D eigenvalue weighted by Crippen LogP contribution is -2.40. The fourth-order valence-electron chi connectivity index (χ4n) is 2.50. The van der Waals surface area contributed by atoms with Crippen molar-refractivity contribution in [3.63, 3.8) is 0 Å². The van der Waals surface area contributed by atoms with Crippen LogP contribution in [0.25, 0.3) is 0 Å². The molecule has 0 unspecified atom stereocenters. The quantitative estimate of drug-likeness (QED) is 0.770. The Hall–Kier alpha value is -2.51. The van der Waals surface area contributed by atoms with E-state index in [4.69, 9.17) is 4.74 Å². The van der Waals surface area contributed by atoms with Crippen LogP contribution in [0.3, 0.4) is 0 Å². The molecule has 1 aromatic heterocycles. The van der Waals surface area contributed by atoms with Crippen molar-refractivity contribution >= 4 is 5.91 Å². The molecule has 0 radical (unpaired) electrons. The minimum Gasteiger partial charge on any atom is -0.453 e. The number of aromatic nitrogens is 1. The van der Waals surface area contributed by atoms with Crippen molar-refractivity contribution < 1.29 is 19.0 Å². The summed E-state index contributed by atoms with van der Waals surface area (Å²) in [7, 11) is 0. The highest BCUT2D eigenvalue weighted by molar-refractivity contribution is 5.82. The topological polar surface area (TPSA) is 83.5 Å². The van der Waals surface area contributed by atoms with Crippen LogP contribution in [0.15, 0.2) is 42.7 Å². The van der Waals surface area contributed by atoms with E-state index in [0.29, 0.717) is 24.3 Å². The summed E-state index contributed by atoms with van der Waals surface area (Å²) in [6.45, 7) is 0.615. The van der Waals surface area contributed by atoms with Crippen molar-refractivity contribution in [3.8, 4) is 11.5 Å². The molecular weight excluding hydrogens is 313 g/mol. The molecule has 1 aliphatic heterocycles. The summed E-state index contributed by atoms with van der Waals surface area (Å²) in [4.78, 5) is 15.8. The zero-order valence-electron chi connectivity index (χ0n) is 12.9. The van der Waals surface area contributed by atoms with Crippen molar-refractivity contribution in [3.05, 3.63) is 54.1 Å². The number of carbonyl (C=O) groups is 1. The highest BCUT2D eigenvalue weighted by Crippen LogP contribution is 2.24. The Balaban J connectivity index is 1.57. The van der Waals surface area contributed by atoms with Gasteiger partial charge in [0.15, 0.2) is 11.6 Å². The second-order valence-electron chi connectivity index (χ2n) is 5.62. The first-order chi connectivity index (χ1) is 11.6. The molecule has 24 heavy (non-hydrogen) atoms. The van der Waals surface area contributed by atoms with Gasteiger partial charge in [-0.25, -0.2) is 4.39 Å². The summed E-state index contributed by atoms with van der Waals surface area (Å²) in [5.41, 5.74) is 0.623. The lowest BCUT2D eigenvalue weighted by atomic mass is 10.1. The molecule has 3 rings (SSSR count). The van der Waals surface area contributed by atoms with Crippen LogP contribution in [0.1, 0.15) is 12.0 Å². The zero-order valence-corrected chi connectivity index (χ0v) is 12.9. The van der Waals surface area contributed by atoms with Crippen LogP contribution in [0.2, 0.25) is 0 Å². The van der Waals surface area contributed by atoms with Crippen LogP contribution in [0.5, 0.6) is 11.5 Å². The molecule has 0 bridgehead atoms. The van der Waals surface area contributed by atoms with E-state index < -0.39 is 18.0 Å². The Morgan fingerprint density at radius 1 is 1.46 bits per heavy atom. The molecule has 0 spiro atoms. The van der Waals surface area contributed by atoms with Gasteiger partial charge in [-0.05, 0) is 36.2 Å². The zero-order chi connectivity index (χ0) is 16.9. The van der Waals surface area contributed by atoms with E-state index in [2.05, 4.69) is 15.6 Å². The maximum Gasteiger partial charge on any atom is 0.237 e. The van der Waals surface area contributed by atoms with Gasteiger partial charge in [0.05, 0.1) is 18.3 Å². The van der Waals surface area contributed by atoms with E-state index in [0.717, 1.165) is 0 Å². The van der Waals surface area contributed by atoms with Crippen molar-refractivity contribution in [2.75, 3.05) is 6.54 Å². The second-order valence-corrected chi connectivity index (χ2v) is 5.62. The Morgan fingerprint density at radius 3 is 3.00 bits per heavy atom. The largest absolute Gasteiger partial charge is 0.453 e. The van der Waals surface area contributed by atoms with Gasteiger partial charge in [-0.1, -0.05) is 6.07 Å². The van der Waals surface area contributed by atoms with Gasteiger partial charge in [-0.2, -0.15) is 0 Å². The highest BCUT2D eigenvalue weighted by Gasteiger charge is 2.27. The van der Waals surface area contributed by atoms with Crippen molar-refractivity contribution in [2.45, 2.75) is 25.1 Å². The number of nitrogens with one attached hydrogen (secondary N) is 2. The second kappa shape index (κ2) is 7.37. The molecule has 0 aliphatic carbocycles. The molecular formula is C17H18FN3O3. The Kier molecular flexibility index (Phi) is 5.02. The van der Waals surface area contributed by atoms with Crippen LogP contribution in [0, 0.1) is 5.82 Å². The number of β-amino-alcohol motifs (C(OH)–C–C–N with tert-alkyl or cyclic N) is 1. The van der Waals surface area contributed by atoms with Gasteiger partial charge in [-0.3, -0.25) is 9.78 Å². The number of hydrogen-bond acceptors (Lipinski definition) is 5. The highest BCUT2D eigenvalue weighted by atomic mass is 19.1. The number of pyridine rings is 1. The molecule has 126 valence electrons. The Labute approximate surface area is 138 Å². The van der Waals surface area contributed by atoms with E-state index in [9.17, 15) is 14.3 Å². The lowest BCUT2D eigenvalue weighted by molar-refractivity contribution is -0.123. The molecule has 1 saturated heterocycles. The number of carbonyl (C=O) groups excluding carboxylic acids is 1. The average Bonchev–Trinajstić information content (AvgIpc) is 3.02. The summed E-state index contributed by atoms with van der Waals surface area (Å²) in [6.07, 6.45) is 2.99. The molecule has 2 aromatic rings. The maximum atomic E-state index is 14.1. The number of hydrogen-bond donors (Lipinski definition) is 3. The lowest BCUT2D eigenvalue weighted by Gasteiger charge is -2.12. The van der Waals surface area contributed by atoms with Gasteiger partial charge in [0.1, 0.15) is 5.75 Å². The number of benzene rings is 1. The number of rotatable bonds is 5. The molecule has 2 atom stereocenters. The Bertz CT molecular complexity index is 711. The molecule has 2 heterocycles. The molecule has 1 fully saturated rings. The third kappa shape index (κ3) is 4.06. The van der Waals surface area contributed by atoms with E-state index >= 15 is 0 Å². The Morgan fingerprint density at radius 2 is 2.33 bits per heavy atom. The van der Waals surface area contributed by atoms with E-state index in [1.165, 1.54) is 18.3 Å². The minimum atomic E-state index is -0.514. The van der Waals surface area contributed by atoms with E-state index in [-0.39, 0.29) is 18.2 Å².